The van der Waals surface area contributed by atoms with Crippen LogP contribution >= 0.6 is 0 Å². The Balaban J connectivity index is 2.91. The van der Waals surface area contributed by atoms with Crippen LogP contribution in [0.4, 0.5) is 5.69 Å². The number of esters is 1. The molecule has 0 aliphatic rings. The first-order valence-electron chi connectivity index (χ1n) is 6.04. The maximum absolute atomic E-state index is 11.5. The molecule has 7 nitrogen and oxygen atoms in total. The molecule has 0 radical (unpaired) electrons. The number of amides is 1. The molecule has 0 fully saturated rings. The number of ether oxygens (including phenoxy) is 1. The van der Waals surface area contributed by atoms with Gasteiger partial charge in [0.25, 0.3) is 5.91 Å². The largest absolute Gasteiger partial charge is 0.465 e. The topological polar surface area (TPSA) is 90.0 Å². The van der Waals surface area contributed by atoms with Crippen molar-refractivity contribution >= 4 is 29.3 Å². The molecule has 0 N–H and O–H groups in total. The van der Waals surface area contributed by atoms with Crippen molar-refractivity contribution in [3.05, 3.63) is 29.8 Å². The number of hydroxylamine groups is 1. The van der Waals surface area contributed by atoms with Crippen LogP contribution in [0.1, 0.15) is 30.6 Å². The summed E-state index contributed by atoms with van der Waals surface area (Å²) in [5.41, 5.74) is 0.548. The molecule has 1 rings (SSSR count). The number of hydrogen-bond donors (Lipinski definition) is 0. The molecule has 0 saturated heterocycles. The van der Waals surface area contributed by atoms with Crippen LogP contribution in [0.3, 0.4) is 0 Å². The van der Waals surface area contributed by atoms with Gasteiger partial charge in [0.05, 0.1) is 18.4 Å². The van der Waals surface area contributed by atoms with Gasteiger partial charge in [-0.2, -0.15) is 0 Å². The maximum Gasteiger partial charge on any atom is 0.340 e. The summed E-state index contributed by atoms with van der Waals surface area (Å²) in [6.45, 7) is 2.44. The quantitative estimate of drug-likeness (QED) is 0.471. The lowest BCUT2D eigenvalue weighted by molar-refractivity contribution is -0.151. The molecule has 0 atom stereocenters. The summed E-state index contributed by atoms with van der Waals surface area (Å²) < 4.78 is 4.55. The molecule has 0 heterocycles. The highest BCUT2D eigenvalue weighted by atomic mass is 16.7. The van der Waals surface area contributed by atoms with Crippen molar-refractivity contribution in [1.29, 1.82) is 0 Å². The number of anilines is 1. The van der Waals surface area contributed by atoms with Crippen molar-refractivity contribution in [1.82, 2.24) is 0 Å². The Morgan fingerprint density at radius 3 is 2.05 bits per heavy atom. The van der Waals surface area contributed by atoms with Gasteiger partial charge in [-0.3, -0.25) is 9.59 Å². The summed E-state index contributed by atoms with van der Waals surface area (Å²) >= 11 is 0. The van der Waals surface area contributed by atoms with E-state index in [-0.39, 0.29) is 11.5 Å². The maximum atomic E-state index is 11.5. The van der Waals surface area contributed by atoms with E-state index in [1.807, 2.05) is 0 Å². The monoisotopic (exact) mass is 293 g/mol. The van der Waals surface area contributed by atoms with Crippen molar-refractivity contribution in [2.45, 2.75) is 20.3 Å². The Hall–Kier alpha value is -2.70. The third-order valence-corrected chi connectivity index (χ3v) is 2.40. The molecule has 0 saturated carbocycles. The minimum atomic E-state index is -0.838. The van der Waals surface area contributed by atoms with Crippen molar-refractivity contribution in [3.8, 4) is 0 Å². The molecule has 1 aromatic carbocycles. The zero-order valence-electron chi connectivity index (χ0n) is 11.9. The van der Waals surface area contributed by atoms with Gasteiger partial charge in [-0.15, -0.1) is 5.06 Å². The molecule has 1 aromatic rings. The number of rotatable bonds is 4. The van der Waals surface area contributed by atoms with Crippen LogP contribution in [0.25, 0.3) is 0 Å². The Morgan fingerprint density at radius 1 is 1.05 bits per heavy atom. The first-order valence-corrected chi connectivity index (χ1v) is 6.04. The van der Waals surface area contributed by atoms with Gasteiger partial charge in [0, 0.05) is 6.92 Å². The van der Waals surface area contributed by atoms with Crippen molar-refractivity contribution in [3.63, 3.8) is 0 Å². The molecule has 0 aliphatic heterocycles. The van der Waals surface area contributed by atoms with Crippen molar-refractivity contribution < 1.29 is 28.8 Å². The number of ketones is 1. The highest BCUT2D eigenvalue weighted by Gasteiger charge is 2.19. The van der Waals surface area contributed by atoms with Gasteiger partial charge in [0.2, 0.25) is 0 Å². The Morgan fingerprint density at radius 2 is 1.62 bits per heavy atom. The second-order valence-corrected chi connectivity index (χ2v) is 4.19. The average Bonchev–Trinajstić information content (AvgIpc) is 2.43. The van der Waals surface area contributed by atoms with E-state index in [9.17, 15) is 19.2 Å². The van der Waals surface area contributed by atoms with Crippen molar-refractivity contribution in [2.24, 2.45) is 0 Å². The first-order chi connectivity index (χ1) is 9.85. The number of Topliss-reactive ketones (excluding diaryl/α,β-unsaturated/α-hetero) is 1. The summed E-state index contributed by atoms with van der Waals surface area (Å²) in [4.78, 5) is 49.9. The third-order valence-electron chi connectivity index (χ3n) is 2.40. The van der Waals surface area contributed by atoms with Gasteiger partial charge < -0.3 is 9.57 Å². The predicted octanol–water partition coefficient (Wildman–Crippen LogP) is 1.26. The fourth-order valence-corrected chi connectivity index (χ4v) is 1.49. The zero-order chi connectivity index (χ0) is 16.0. The summed E-state index contributed by atoms with van der Waals surface area (Å²) in [5.74, 6) is -2.28. The van der Waals surface area contributed by atoms with E-state index in [4.69, 9.17) is 4.84 Å². The Labute approximate surface area is 121 Å². The fourth-order valence-electron chi connectivity index (χ4n) is 1.49. The highest BCUT2D eigenvalue weighted by Crippen LogP contribution is 2.17. The summed E-state index contributed by atoms with van der Waals surface area (Å²) in [7, 11) is 1.25. The molecular formula is C14H15NO6. The second kappa shape index (κ2) is 7.18. The van der Waals surface area contributed by atoms with Crippen LogP contribution in [0.5, 0.6) is 0 Å². The first kappa shape index (κ1) is 16.4. The number of nitrogens with zero attached hydrogens (tertiary/aromatic N) is 1. The number of hydrogen-bond acceptors (Lipinski definition) is 6. The minimum Gasteiger partial charge on any atom is -0.465 e. The Bertz CT molecular complexity index is 563. The smallest absolute Gasteiger partial charge is 0.340 e. The van der Waals surface area contributed by atoms with Crippen LogP contribution in [0, 0.1) is 0 Å². The minimum absolute atomic E-state index is 0.257. The van der Waals surface area contributed by atoms with E-state index < -0.39 is 24.3 Å². The normalized spacial score (nSPS) is 9.67. The zero-order valence-corrected chi connectivity index (χ0v) is 11.9. The lowest BCUT2D eigenvalue weighted by Gasteiger charge is -2.19. The lowest BCUT2D eigenvalue weighted by Crippen LogP contribution is -2.32. The number of carbonyl (C=O) groups is 4. The molecular weight excluding hydrogens is 278 g/mol. The van der Waals surface area contributed by atoms with Crippen LogP contribution in [-0.2, 0) is 24.0 Å². The van der Waals surface area contributed by atoms with Gasteiger partial charge >= 0.3 is 11.9 Å². The van der Waals surface area contributed by atoms with Gasteiger partial charge in [-0.1, -0.05) is 0 Å². The van der Waals surface area contributed by atoms with Crippen LogP contribution in [0.15, 0.2) is 24.3 Å². The van der Waals surface area contributed by atoms with Gasteiger partial charge in [-0.25, -0.2) is 9.59 Å². The van der Waals surface area contributed by atoms with Gasteiger partial charge in [0.15, 0.2) is 0 Å². The van der Waals surface area contributed by atoms with E-state index in [0.29, 0.717) is 5.56 Å². The molecule has 0 aliphatic carbocycles. The Kier molecular flexibility index (Phi) is 5.59. The van der Waals surface area contributed by atoms with Crippen LogP contribution in [0.2, 0.25) is 0 Å². The summed E-state index contributed by atoms with van der Waals surface area (Å²) in [6.07, 6.45) is -0.427. The molecule has 1 amide bonds. The van der Waals surface area contributed by atoms with E-state index in [1.165, 1.54) is 45.2 Å². The second-order valence-electron chi connectivity index (χ2n) is 4.19. The van der Waals surface area contributed by atoms with E-state index in [2.05, 4.69) is 4.74 Å². The molecule has 0 bridgehead atoms. The lowest BCUT2D eigenvalue weighted by atomic mass is 10.2. The van der Waals surface area contributed by atoms with Crippen LogP contribution in [-0.4, -0.2) is 30.7 Å². The molecule has 21 heavy (non-hydrogen) atoms. The van der Waals surface area contributed by atoms with E-state index in [0.717, 1.165) is 5.06 Å². The summed E-state index contributed by atoms with van der Waals surface area (Å²) in [6, 6.07) is 5.70. The SMILES string of the molecule is COC(=O)c1ccc(N(OC(=O)CC(C)=O)C(C)=O)cc1. The van der Waals surface area contributed by atoms with E-state index >= 15 is 0 Å². The standard InChI is InChI=1S/C14H15NO6/c1-9(16)8-13(18)21-15(10(2)17)12-6-4-11(5-7-12)14(19)20-3/h4-7H,8H2,1-3H3. The number of carbonyl (C=O) groups excluding carboxylic acids is 4. The summed E-state index contributed by atoms with van der Waals surface area (Å²) in [5, 5.41) is 0.756. The third kappa shape index (κ3) is 4.72. The average molecular weight is 293 g/mol. The molecule has 7 heteroatoms. The molecule has 0 unspecified atom stereocenters. The number of benzene rings is 1. The molecule has 0 aromatic heterocycles. The van der Waals surface area contributed by atoms with Crippen LogP contribution < -0.4 is 5.06 Å². The van der Waals surface area contributed by atoms with Gasteiger partial charge in [-0.05, 0) is 31.2 Å². The van der Waals surface area contributed by atoms with E-state index in [1.54, 1.807) is 0 Å². The molecule has 112 valence electrons. The number of methoxy groups -OCH3 is 1. The van der Waals surface area contributed by atoms with Gasteiger partial charge in [0.1, 0.15) is 12.2 Å². The van der Waals surface area contributed by atoms with Crippen molar-refractivity contribution in [2.75, 3.05) is 12.2 Å². The fraction of sp³-hybridized carbons (Fsp3) is 0.286. The predicted molar refractivity (Wildman–Crippen MR) is 72.3 cm³/mol. The molecule has 0 spiro atoms. The highest BCUT2D eigenvalue weighted by molar-refractivity contribution is 5.97.